The van der Waals surface area contributed by atoms with Gasteiger partial charge in [-0.1, -0.05) is 0 Å². The average molecular weight is 579 g/mol. The van der Waals surface area contributed by atoms with Crippen molar-refractivity contribution in [2.24, 2.45) is 5.92 Å². The number of carbonyl (C=O) groups is 1. The number of sulfonamides is 1. The Morgan fingerprint density at radius 2 is 1.78 bits per heavy atom. The predicted octanol–water partition coefficient (Wildman–Crippen LogP) is 4.21. The van der Waals surface area contributed by atoms with E-state index in [0.717, 1.165) is 55.7 Å². The lowest BCUT2D eigenvalue weighted by molar-refractivity contribution is -0.125. The third kappa shape index (κ3) is 6.23. The molecule has 3 aromatic heterocycles. The van der Waals surface area contributed by atoms with Gasteiger partial charge >= 0.3 is 0 Å². The van der Waals surface area contributed by atoms with Crippen LogP contribution in [0.15, 0.2) is 66.0 Å². The largest absolute Gasteiger partial charge is 0.375 e. The number of rotatable bonds is 7. The van der Waals surface area contributed by atoms with Crippen LogP contribution in [0.1, 0.15) is 38.5 Å². The number of piperidine rings is 1. The number of halogens is 1. The van der Waals surface area contributed by atoms with E-state index >= 15 is 0 Å². The number of benzene rings is 1. The van der Waals surface area contributed by atoms with Crippen molar-refractivity contribution >= 4 is 32.8 Å². The minimum Gasteiger partial charge on any atom is -0.375 e. The van der Waals surface area contributed by atoms with E-state index in [4.69, 9.17) is 4.74 Å². The van der Waals surface area contributed by atoms with Gasteiger partial charge in [0.2, 0.25) is 5.91 Å². The topological polar surface area (TPSA) is 130 Å². The van der Waals surface area contributed by atoms with Gasteiger partial charge in [0.15, 0.2) is 0 Å². The lowest BCUT2D eigenvalue weighted by Gasteiger charge is -2.36. The zero-order valence-electron chi connectivity index (χ0n) is 22.4. The molecule has 0 radical (unpaired) electrons. The summed E-state index contributed by atoms with van der Waals surface area (Å²) in [5, 5.41) is 0. The molecule has 10 nitrogen and oxygen atoms in total. The summed E-state index contributed by atoms with van der Waals surface area (Å²) < 4.78 is 47.0. The molecule has 6 rings (SSSR count). The van der Waals surface area contributed by atoms with Gasteiger partial charge in [0, 0.05) is 49.2 Å². The van der Waals surface area contributed by atoms with E-state index in [9.17, 15) is 17.6 Å². The molecule has 41 heavy (non-hydrogen) atoms. The Morgan fingerprint density at radius 1 is 1.00 bits per heavy atom. The molecule has 1 saturated heterocycles. The van der Waals surface area contributed by atoms with Gasteiger partial charge in [0.25, 0.3) is 10.0 Å². The van der Waals surface area contributed by atoms with E-state index in [0.29, 0.717) is 24.2 Å². The number of fused-ring (bicyclic) bond motifs is 1. The third-order valence-electron chi connectivity index (χ3n) is 7.84. The fourth-order valence-corrected chi connectivity index (χ4v) is 6.57. The monoisotopic (exact) mass is 578 g/mol. The lowest BCUT2D eigenvalue weighted by atomic mass is 9.87. The van der Waals surface area contributed by atoms with E-state index in [1.807, 2.05) is 12.1 Å². The first kappa shape index (κ1) is 27.3. The van der Waals surface area contributed by atoms with Crippen LogP contribution >= 0.6 is 0 Å². The highest BCUT2D eigenvalue weighted by Crippen LogP contribution is 2.30. The van der Waals surface area contributed by atoms with Crippen LogP contribution in [0, 0.1) is 11.7 Å². The molecule has 12 heteroatoms. The van der Waals surface area contributed by atoms with Crippen molar-refractivity contribution in [1.29, 1.82) is 0 Å². The molecule has 4 heterocycles. The number of anilines is 1. The van der Waals surface area contributed by atoms with Crippen molar-refractivity contribution in [2.45, 2.75) is 55.6 Å². The molecule has 4 aromatic rings. The van der Waals surface area contributed by atoms with Crippen molar-refractivity contribution in [3.8, 4) is 11.4 Å². The maximum absolute atomic E-state index is 13.5. The standard InChI is InChI=1S/C29H31FN6O4S/c30-21-6-9-25-26(16-21)34-28(33-25)20-5-10-27(32-17-20)36-14-11-23(12-15-36)40-22-7-3-19(4-8-22)29(37)35-41(38,39)24-2-1-13-31-18-24/h1-2,5-6,9-10,13,16-19,22-23H,3-4,7-8,11-12,14-15H2,(H,33,34)(H,35,37). The first-order chi connectivity index (χ1) is 19.8. The molecular formula is C29H31FN6O4S. The van der Waals surface area contributed by atoms with E-state index in [2.05, 4.69) is 29.6 Å². The number of aromatic amines is 1. The number of imidazole rings is 1. The van der Waals surface area contributed by atoms with Crippen molar-refractivity contribution in [3.05, 3.63) is 66.9 Å². The average Bonchev–Trinajstić information content (AvgIpc) is 3.42. The molecule has 1 aromatic carbocycles. The quantitative estimate of drug-likeness (QED) is 0.334. The summed E-state index contributed by atoms with van der Waals surface area (Å²) in [5.74, 6) is 0.411. The molecule has 0 unspecified atom stereocenters. The van der Waals surface area contributed by atoms with Gasteiger partial charge in [0.05, 0.1) is 23.2 Å². The highest BCUT2D eigenvalue weighted by atomic mass is 32.2. The van der Waals surface area contributed by atoms with Crippen LogP contribution in [-0.4, -0.2) is 59.6 Å². The van der Waals surface area contributed by atoms with E-state index in [-0.39, 0.29) is 28.8 Å². The van der Waals surface area contributed by atoms with E-state index in [1.54, 1.807) is 12.3 Å². The number of pyridine rings is 2. The normalized spacial score (nSPS) is 20.3. The van der Waals surface area contributed by atoms with Crippen LogP contribution in [-0.2, 0) is 19.6 Å². The number of nitrogens with one attached hydrogen (secondary N) is 2. The van der Waals surface area contributed by atoms with Gasteiger partial charge in [-0.15, -0.1) is 0 Å². The lowest BCUT2D eigenvalue weighted by Crippen LogP contribution is -2.41. The maximum atomic E-state index is 13.5. The molecule has 2 fully saturated rings. The van der Waals surface area contributed by atoms with E-state index in [1.165, 1.54) is 36.7 Å². The van der Waals surface area contributed by atoms with Gasteiger partial charge < -0.3 is 14.6 Å². The van der Waals surface area contributed by atoms with Crippen LogP contribution in [0.5, 0.6) is 0 Å². The number of H-pyrrole nitrogens is 1. The summed E-state index contributed by atoms with van der Waals surface area (Å²) in [6.45, 7) is 1.65. The third-order valence-corrected chi connectivity index (χ3v) is 9.17. The fraction of sp³-hybridized carbons (Fsp3) is 0.379. The number of ether oxygens (including phenoxy) is 1. The number of hydrogen-bond acceptors (Lipinski definition) is 8. The molecule has 0 spiro atoms. The maximum Gasteiger partial charge on any atom is 0.265 e. The second kappa shape index (κ2) is 11.5. The molecule has 1 amide bonds. The Bertz CT molecular complexity index is 1610. The molecule has 2 N–H and O–H groups in total. The van der Waals surface area contributed by atoms with Gasteiger partial charge in [-0.05, 0) is 74.9 Å². The SMILES string of the molecule is O=C(NS(=O)(=O)c1cccnc1)C1CCC(OC2CCN(c3ccc(-c4nc5cc(F)ccc5[nH]4)cn3)CC2)CC1. The Labute approximate surface area is 237 Å². The summed E-state index contributed by atoms with van der Waals surface area (Å²) in [7, 11) is -3.92. The molecule has 0 bridgehead atoms. The Kier molecular flexibility index (Phi) is 7.67. The van der Waals surface area contributed by atoms with Crippen molar-refractivity contribution in [2.75, 3.05) is 18.0 Å². The Hall–Kier alpha value is -3.90. The highest BCUT2D eigenvalue weighted by molar-refractivity contribution is 7.90. The Morgan fingerprint density at radius 3 is 2.49 bits per heavy atom. The molecule has 1 aliphatic carbocycles. The predicted molar refractivity (Wildman–Crippen MR) is 151 cm³/mol. The van der Waals surface area contributed by atoms with Crippen LogP contribution in [0.25, 0.3) is 22.4 Å². The second-order valence-corrected chi connectivity index (χ2v) is 12.3. The van der Waals surface area contributed by atoms with Crippen LogP contribution < -0.4 is 9.62 Å². The summed E-state index contributed by atoms with van der Waals surface area (Å²) in [6, 6.07) is 11.4. The number of nitrogens with zero attached hydrogens (tertiary/aromatic N) is 4. The Balaban J connectivity index is 0.959. The fourth-order valence-electron chi connectivity index (χ4n) is 5.56. The molecule has 1 aliphatic heterocycles. The van der Waals surface area contributed by atoms with Gasteiger partial charge in [-0.25, -0.2) is 27.5 Å². The van der Waals surface area contributed by atoms with Crippen LogP contribution in [0.2, 0.25) is 0 Å². The van der Waals surface area contributed by atoms with Crippen molar-refractivity contribution in [1.82, 2.24) is 24.7 Å². The minimum atomic E-state index is -3.92. The smallest absolute Gasteiger partial charge is 0.265 e. The highest BCUT2D eigenvalue weighted by Gasteiger charge is 2.31. The van der Waals surface area contributed by atoms with Gasteiger partial charge in [-0.3, -0.25) is 9.78 Å². The molecule has 214 valence electrons. The first-order valence-corrected chi connectivity index (χ1v) is 15.3. The van der Waals surface area contributed by atoms with Crippen molar-refractivity contribution < 1.29 is 22.3 Å². The number of hydrogen-bond donors (Lipinski definition) is 2. The van der Waals surface area contributed by atoms with Crippen molar-refractivity contribution in [3.63, 3.8) is 0 Å². The zero-order valence-corrected chi connectivity index (χ0v) is 23.2. The second-order valence-electron chi connectivity index (χ2n) is 10.6. The summed E-state index contributed by atoms with van der Waals surface area (Å²) >= 11 is 0. The summed E-state index contributed by atoms with van der Waals surface area (Å²) in [4.78, 5) is 31.0. The first-order valence-electron chi connectivity index (χ1n) is 13.8. The molecule has 0 atom stereocenters. The van der Waals surface area contributed by atoms with Crippen LogP contribution in [0.3, 0.4) is 0 Å². The number of amides is 1. The zero-order chi connectivity index (χ0) is 28.4. The van der Waals surface area contributed by atoms with E-state index < -0.39 is 15.9 Å². The molecule has 2 aliphatic rings. The van der Waals surface area contributed by atoms with Crippen LogP contribution in [0.4, 0.5) is 10.2 Å². The summed E-state index contributed by atoms with van der Waals surface area (Å²) in [5.41, 5.74) is 2.19. The van der Waals surface area contributed by atoms with Gasteiger partial charge in [0.1, 0.15) is 22.4 Å². The number of carbonyl (C=O) groups excluding carboxylic acids is 1. The molecular weight excluding hydrogens is 547 g/mol. The minimum absolute atomic E-state index is 0.0214. The van der Waals surface area contributed by atoms with Gasteiger partial charge in [-0.2, -0.15) is 0 Å². The molecule has 1 saturated carbocycles. The summed E-state index contributed by atoms with van der Waals surface area (Å²) in [6.07, 6.45) is 9.09. The number of aromatic nitrogens is 4.